The lowest BCUT2D eigenvalue weighted by molar-refractivity contribution is 0.537. The number of aromatic nitrogens is 3. The van der Waals surface area contributed by atoms with Crippen LogP contribution >= 0.6 is 0 Å². The SMILES string of the molecule is CC(C)CCS(=O)(=O)N[C@@H](Cc1ncn[nH]1)c1ccccc1. The van der Waals surface area contributed by atoms with Crippen molar-refractivity contribution in [3.8, 4) is 0 Å². The molecule has 1 aromatic heterocycles. The third kappa shape index (κ3) is 5.23. The Morgan fingerprint density at radius 2 is 1.95 bits per heavy atom. The minimum Gasteiger partial charge on any atom is -0.263 e. The molecule has 0 radical (unpaired) electrons. The average Bonchev–Trinajstić information content (AvgIpc) is 2.98. The quantitative estimate of drug-likeness (QED) is 0.778. The lowest BCUT2D eigenvalue weighted by atomic mass is 10.0. The molecule has 2 aromatic rings. The second kappa shape index (κ2) is 7.51. The van der Waals surface area contributed by atoms with Crippen molar-refractivity contribution in [1.29, 1.82) is 0 Å². The minimum absolute atomic E-state index is 0.129. The van der Waals surface area contributed by atoms with Gasteiger partial charge in [-0.2, -0.15) is 5.10 Å². The molecule has 0 aliphatic carbocycles. The number of nitrogens with one attached hydrogen (secondary N) is 2. The summed E-state index contributed by atoms with van der Waals surface area (Å²) in [4.78, 5) is 4.08. The first-order valence-corrected chi connectivity index (χ1v) is 9.00. The Labute approximate surface area is 131 Å². The molecular weight excluding hydrogens is 300 g/mol. The summed E-state index contributed by atoms with van der Waals surface area (Å²) in [7, 11) is -3.34. The fourth-order valence-electron chi connectivity index (χ4n) is 2.10. The van der Waals surface area contributed by atoms with Gasteiger partial charge in [-0.1, -0.05) is 44.2 Å². The van der Waals surface area contributed by atoms with Crippen LogP contribution in [-0.4, -0.2) is 29.4 Å². The summed E-state index contributed by atoms with van der Waals surface area (Å²) in [5, 5.41) is 6.59. The maximum absolute atomic E-state index is 12.3. The van der Waals surface area contributed by atoms with Gasteiger partial charge in [0.15, 0.2) is 0 Å². The van der Waals surface area contributed by atoms with Gasteiger partial charge in [0, 0.05) is 6.42 Å². The molecule has 0 aliphatic heterocycles. The van der Waals surface area contributed by atoms with Crippen molar-refractivity contribution < 1.29 is 8.42 Å². The van der Waals surface area contributed by atoms with E-state index in [2.05, 4.69) is 19.9 Å². The molecule has 1 atom stereocenters. The van der Waals surface area contributed by atoms with E-state index in [-0.39, 0.29) is 11.8 Å². The second-order valence-electron chi connectivity index (χ2n) is 5.72. The van der Waals surface area contributed by atoms with Crippen molar-refractivity contribution in [1.82, 2.24) is 19.9 Å². The van der Waals surface area contributed by atoms with Crippen LogP contribution in [0.2, 0.25) is 0 Å². The van der Waals surface area contributed by atoms with Crippen LogP contribution in [0.5, 0.6) is 0 Å². The zero-order valence-electron chi connectivity index (χ0n) is 12.9. The molecule has 0 bridgehead atoms. The first-order chi connectivity index (χ1) is 10.5. The first kappa shape index (κ1) is 16.6. The number of H-pyrrole nitrogens is 1. The van der Waals surface area contributed by atoms with Gasteiger partial charge in [-0.3, -0.25) is 5.10 Å². The van der Waals surface area contributed by atoms with Crippen molar-refractivity contribution >= 4 is 10.0 Å². The highest BCUT2D eigenvalue weighted by atomic mass is 32.2. The molecule has 1 heterocycles. The molecule has 1 aromatic carbocycles. The van der Waals surface area contributed by atoms with E-state index in [1.54, 1.807) is 0 Å². The van der Waals surface area contributed by atoms with E-state index in [0.29, 0.717) is 24.6 Å². The van der Waals surface area contributed by atoms with E-state index >= 15 is 0 Å². The minimum atomic E-state index is -3.34. The van der Waals surface area contributed by atoms with Gasteiger partial charge in [-0.05, 0) is 17.9 Å². The smallest absolute Gasteiger partial charge is 0.212 e. The lowest BCUT2D eigenvalue weighted by Gasteiger charge is -2.18. The zero-order chi connectivity index (χ0) is 16.0. The van der Waals surface area contributed by atoms with Gasteiger partial charge in [0.2, 0.25) is 10.0 Å². The third-order valence-corrected chi connectivity index (χ3v) is 4.77. The number of hydrogen-bond acceptors (Lipinski definition) is 4. The lowest BCUT2D eigenvalue weighted by Crippen LogP contribution is -2.32. The number of rotatable bonds is 8. The highest BCUT2D eigenvalue weighted by molar-refractivity contribution is 7.89. The summed E-state index contributed by atoms with van der Waals surface area (Å²) >= 11 is 0. The largest absolute Gasteiger partial charge is 0.263 e. The Kier molecular flexibility index (Phi) is 5.68. The molecule has 120 valence electrons. The van der Waals surface area contributed by atoms with E-state index in [1.165, 1.54) is 6.33 Å². The average molecular weight is 322 g/mol. The van der Waals surface area contributed by atoms with E-state index in [4.69, 9.17) is 0 Å². The van der Waals surface area contributed by atoms with Gasteiger partial charge in [0.05, 0.1) is 11.8 Å². The van der Waals surface area contributed by atoms with Gasteiger partial charge >= 0.3 is 0 Å². The van der Waals surface area contributed by atoms with Crippen LogP contribution in [-0.2, 0) is 16.4 Å². The highest BCUT2D eigenvalue weighted by Crippen LogP contribution is 2.18. The van der Waals surface area contributed by atoms with Crippen LogP contribution in [0.15, 0.2) is 36.7 Å². The van der Waals surface area contributed by atoms with Gasteiger partial charge in [0.1, 0.15) is 12.2 Å². The molecule has 0 saturated heterocycles. The molecule has 2 N–H and O–H groups in total. The maximum atomic E-state index is 12.3. The van der Waals surface area contributed by atoms with E-state index in [0.717, 1.165) is 5.56 Å². The molecule has 7 heteroatoms. The normalized spacial score (nSPS) is 13.4. The number of benzene rings is 1. The maximum Gasteiger partial charge on any atom is 0.212 e. The van der Waals surface area contributed by atoms with Crippen molar-refractivity contribution in [2.45, 2.75) is 32.7 Å². The molecule has 2 rings (SSSR count). The van der Waals surface area contributed by atoms with E-state index < -0.39 is 10.0 Å². The van der Waals surface area contributed by atoms with Crippen LogP contribution in [0, 0.1) is 5.92 Å². The van der Waals surface area contributed by atoms with Crippen molar-refractivity contribution in [3.63, 3.8) is 0 Å². The molecule has 0 amide bonds. The van der Waals surface area contributed by atoms with Crippen LogP contribution in [0.4, 0.5) is 0 Å². The summed E-state index contributed by atoms with van der Waals surface area (Å²) in [6.07, 6.45) is 2.49. The van der Waals surface area contributed by atoms with Crippen LogP contribution in [0.1, 0.15) is 37.7 Å². The van der Waals surface area contributed by atoms with Crippen molar-refractivity contribution in [2.75, 3.05) is 5.75 Å². The topological polar surface area (TPSA) is 87.7 Å². The summed E-state index contributed by atoms with van der Waals surface area (Å²) in [5.41, 5.74) is 0.909. The summed E-state index contributed by atoms with van der Waals surface area (Å²) in [5.74, 6) is 1.13. The Hall–Kier alpha value is -1.73. The van der Waals surface area contributed by atoms with E-state index in [9.17, 15) is 8.42 Å². The molecule has 0 aliphatic rings. The molecule has 0 unspecified atom stereocenters. The Balaban J connectivity index is 2.14. The third-order valence-electron chi connectivity index (χ3n) is 3.35. The van der Waals surface area contributed by atoms with Gasteiger partial charge in [-0.15, -0.1) is 0 Å². The Bertz CT molecular complexity index is 654. The summed E-state index contributed by atoms with van der Waals surface area (Å²) < 4.78 is 27.4. The Morgan fingerprint density at radius 1 is 1.23 bits per heavy atom. The molecular formula is C15H22N4O2S. The highest BCUT2D eigenvalue weighted by Gasteiger charge is 2.21. The van der Waals surface area contributed by atoms with Gasteiger partial charge in [-0.25, -0.2) is 18.1 Å². The van der Waals surface area contributed by atoms with Crippen LogP contribution in [0.3, 0.4) is 0 Å². The van der Waals surface area contributed by atoms with E-state index in [1.807, 2.05) is 44.2 Å². The molecule has 0 spiro atoms. The van der Waals surface area contributed by atoms with Gasteiger partial charge < -0.3 is 0 Å². The van der Waals surface area contributed by atoms with Crippen molar-refractivity contribution in [3.05, 3.63) is 48.0 Å². The summed E-state index contributed by atoms with van der Waals surface area (Å²) in [6.45, 7) is 4.03. The zero-order valence-corrected chi connectivity index (χ0v) is 13.7. The monoisotopic (exact) mass is 322 g/mol. The predicted molar refractivity (Wildman–Crippen MR) is 85.6 cm³/mol. The Morgan fingerprint density at radius 3 is 2.55 bits per heavy atom. The number of sulfonamides is 1. The molecule has 6 nitrogen and oxygen atoms in total. The van der Waals surface area contributed by atoms with Crippen molar-refractivity contribution in [2.24, 2.45) is 5.92 Å². The molecule has 0 saturated carbocycles. The number of hydrogen-bond donors (Lipinski definition) is 2. The second-order valence-corrected chi connectivity index (χ2v) is 7.59. The first-order valence-electron chi connectivity index (χ1n) is 7.35. The summed E-state index contributed by atoms with van der Waals surface area (Å²) in [6, 6.07) is 9.16. The van der Waals surface area contributed by atoms with Crippen LogP contribution < -0.4 is 4.72 Å². The fourth-order valence-corrected chi connectivity index (χ4v) is 3.65. The van der Waals surface area contributed by atoms with Gasteiger partial charge in [0.25, 0.3) is 0 Å². The number of aromatic amines is 1. The molecule has 22 heavy (non-hydrogen) atoms. The van der Waals surface area contributed by atoms with Crippen LogP contribution in [0.25, 0.3) is 0 Å². The fraction of sp³-hybridized carbons (Fsp3) is 0.467. The predicted octanol–water partition coefficient (Wildman–Crippen LogP) is 2.05. The molecule has 0 fully saturated rings. The standard InChI is InChI=1S/C15H22N4O2S/c1-12(2)8-9-22(20,21)19-14(10-15-16-11-17-18-15)13-6-4-3-5-7-13/h3-7,11-12,14,19H,8-10H2,1-2H3,(H,16,17,18)/t14-/m0/s1. The number of nitrogens with zero attached hydrogens (tertiary/aromatic N) is 2.